The second kappa shape index (κ2) is 8.11. The molecular weight excluding hydrogens is 383 g/mol. The van der Waals surface area contributed by atoms with Crippen molar-refractivity contribution in [2.75, 3.05) is 32.4 Å². The fourth-order valence-corrected chi connectivity index (χ4v) is 4.50. The van der Waals surface area contributed by atoms with Crippen LogP contribution in [0.25, 0.3) is 0 Å². The van der Waals surface area contributed by atoms with Crippen molar-refractivity contribution in [3.05, 3.63) is 50.1 Å². The maximum Gasteiger partial charge on any atom is 0.255 e. The molecule has 0 atom stereocenters. The van der Waals surface area contributed by atoms with E-state index in [-0.39, 0.29) is 5.91 Å². The van der Waals surface area contributed by atoms with Crippen molar-refractivity contribution in [2.45, 2.75) is 11.4 Å². The van der Waals surface area contributed by atoms with Crippen LogP contribution in [0, 0.1) is 0 Å². The van der Waals surface area contributed by atoms with Crippen LogP contribution in [0.1, 0.15) is 15.2 Å². The fourth-order valence-electron chi connectivity index (χ4n) is 2.73. The van der Waals surface area contributed by atoms with E-state index in [4.69, 9.17) is 23.2 Å². The van der Waals surface area contributed by atoms with Crippen LogP contribution in [0.5, 0.6) is 0 Å². The van der Waals surface area contributed by atoms with E-state index in [2.05, 4.69) is 11.0 Å². The zero-order valence-corrected chi connectivity index (χ0v) is 16.4. The van der Waals surface area contributed by atoms with Gasteiger partial charge in [0, 0.05) is 42.5 Å². The van der Waals surface area contributed by atoms with Crippen molar-refractivity contribution in [3.8, 4) is 0 Å². The molecule has 128 valence electrons. The summed E-state index contributed by atoms with van der Waals surface area (Å²) >= 11 is 15.4. The Morgan fingerprint density at radius 1 is 1.17 bits per heavy atom. The van der Waals surface area contributed by atoms with Crippen LogP contribution in [0.15, 0.2) is 35.2 Å². The summed E-state index contributed by atoms with van der Waals surface area (Å²) in [4.78, 5) is 19.3. The van der Waals surface area contributed by atoms with E-state index < -0.39 is 0 Å². The summed E-state index contributed by atoms with van der Waals surface area (Å²) in [7, 11) is 0. The molecule has 0 spiro atoms. The molecule has 2 aromatic rings. The van der Waals surface area contributed by atoms with Crippen LogP contribution in [0.4, 0.5) is 0 Å². The first-order chi connectivity index (χ1) is 11.6. The Kier molecular flexibility index (Phi) is 6.11. The number of amides is 1. The predicted octanol–water partition coefficient (Wildman–Crippen LogP) is 4.73. The molecule has 0 bridgehead atoms. The van der Waals surface area contributed by atoms with Crippen LogP contribution < -0.4 is 0 Å². The molecule has 7 heteroatoms. The molecule has 3 nitrogen and oxygen atoms in total. The average molecular weight is 401 g/mol. The molecule has 1 fully saturated rings. The molecule has 0 saturated carbocycles. The maximum atomic E-state index is 12.8. The quantitative estimate of drug-likeness (QED) is 0.692. The minimum atomic E-state index is 0.0229. The molecule has 1 aliphatic rings. The fraction of sp³-hybridized carbons (Fsp3) is 0.353. The van der Waals surface area contributed by atoms with Gasteiger partial charge >= 0.3 is 0 Å². The van der Waals surface area contributed by atoms with Crippen molar-refractivity contribution in [1.29, 1.82) is 0 Å². The number of thioether (sulfide) groups is 1. The van der Waals surface area contributed by atoms with Crippen LogP contribution in [0.3, 0.4) is 0 Å². The lowest BCUT2D eigenvalue weighted by Gasteiger charge is -2.34. The smallest absolute Gasteiger partial charge is 0.255 e. The van der Waals surface area contributed by atoms with Crippen molar-refractivity contribution in [2.24, 2.45) is 0 Å². The van der Waals surface area contributed by atoms with Crippen molar-refractivity contribution in [1.82, 2.24) is 9.80 Å². The zero-order chi connectivity index (χ0) is 17.1. The third kappa shape index (κ3) is 4.27. The second-order valence-corrected chi connectivity index (χ2v) is 8.71. The summed E-state index contributed by atoms with van der Waals surface area (Å²) < 4.78 is 0.821. The minimum absolute atomic E-state index is 0.0229. The number of hydrogen-bond acceptors (Lipinski definition) is 4. The summed E-state index contributed by atoms with van der Waals surface area (Å²) in [5.74, 6) is 0.0229. The molecule has 0 unspecified atom stereocenters. The third-order valence-electron chi connectivity index (χ3n) is 4.07. The topological polar surface area (TPSA) is 23.6 Å². The number of carbonyl (C=O) groups is 1. The van der Waals surface area contributed by atoms with Gasteiger partial charge < -0.3 is 4.90 Å². The first-order valence-corrected chi connectivity index (χ1v) is 10.5. The highest BCUT2D eigenvalue weighted by Crippen LogP contribution is 2.26. The molecule has 0 radical (unpaired) electrons. The third-order valence-corrected chi connectivity index (χ3v) is 6.34. The molecule has 1 aromatic heterocycles. The number of piperazine rings is 1. The molecule has 24 heavy (non-hydrogen) atoms. The Morgan fingerprint density at radius 2 is 1.92 bits per heavy atom. The molecule has 2 heterocycles. The van der Waals surface area contributed by atoms with Crippen LogP contribution in [0.2, 0.25) is 9.36 Å². The van der Waals surface area contributed by atoms with Gasteiger partial charge in [0.15, 0.2) is 0 Å². The Balaban J connectivity index is 1.61. The largest absolute Gasteiger partial charge is 0.336 e. The van der Waals surface area contributed by atoms with Gasteiger partial charge in [0.25, 0.3) is 5.91 Å². The lowest BCUT2D eigenvalue weighted by Crippen LogP contribution is -2.48. The molecular formula is C17H18Cl2N2OS2. The SMILES string of the molecule is CSc1ccc(Cl)c(C(=O)N2CCN(Cc3ccc(Cl)s3)CC2)c1. The van der Waals surface area contributed by atoms with E-state index in [0.717, 1.165) is 42.0 Å². The van der Waals surface area contributed by atoms with E-state index in [9.17, 15) is 4.79 Å². The Labute approximate surface area is 160 Å². The van der Waals surface area contributed by atoms with E-state index >= 15 is 0 Å². The van der Waals surface area contributed by atoms with Gasteiger partial charge in [0.05, 0.1) is 14.9 Å². The van der Waals surface area contributed by atoms with E-state index in [1.807, 2.05) is 29.4 Å². The number of carbonyl (C=O) groups excluding carboxylic acids is 1. The van der Waals surface area contributed by atoms with Crippen molar-refractivity contribution >= 4 is 52.2 Å². The number of benzene rings is 1. The Morgan fingerprint density at radius 3 is 2.54 bits per heavy atom. The summed E-state index contributed by atoms with van der Waals surface area (Å²) in [6, 6.07) is 9.63. The maximum absolute atomic E-state index is 12.8. The summed E-state index contributed by atoms with van der Waals surface area (Å²) in [5.41, 5.74) is 0.599. The summed E-state index contributed by atoms with van der Waals surface area (Å²) in [5, 5.41) is 0.522. The molecule has 0 N–H and O–H groups in total. The van der Waals surface area contributed by atoms with Crippen LogP contribution >= 0.6 is 46.3 Å². The van der Waals surface area contributed by atoms with Gasteiger partial charge in [-0.25, -0.2) is 0 Å². The van der Waals surface area contributed by atoms with Crippen molar-refractivity contribution in [3.63, 3.8) is 0 Å². The van der Waals surface area contributed by atoms with Gasteiger partial charge in [-0.15, -0.1) is 23.1 Å². The van der Waals surface area contributed by atoms with Crippen molar-refractivity contribution < 1.29 is 4.79 Å². The number of nitrogens with zero attached hydrogens (tertiary/aromatic N) is 2. The highest BCUT2D eigenvalue weighted by molar-refractivity contribution is 7.98. The number of halogens is 2. The van der Waals surface area contributed by atoms with Gasteiger partial charge in [0.2, 0.25) is 0 Å². The predicted molar refractivity (Wildman–Crippen MR) is 104 cm³/mol. The molecule has 3 rings (SSSR count). The van der Waals surface area contributed by atoms with Gasteiger partial charge in [-0.3, -0.25) is 9.69 Å². The summed E-state index contributed by atoms with van der Waals surface area (Å²) in [6.45, 7) is 4.06. The molecule has 1 amide bonds. The number of rotatable bonds is 4. The number of hydrogen-bond donors (Lipinski definition) is 0. The lowest BCUT2D eigenvalue weighted by molar-refractivity contribution is 0.0629. The monoisotopic (exact) mass is 400 g/mol. The summed E-state index contributed by atoms with van der Waals surface area (Å²) in [6.07, 6.45) is 1.99. The zero-order valence-electron chi connectivity index (χ0n) is 13.3. The molecule has 1 aromatic carbocycles. The van der Waals surface area contributed by atoms with Crippen LogP contribution in [-0.4, -0.2) is 48.1 Å². The molecule has 1 saturated heterocycles. The molecule has 0 aliphatic carbocycles. The average Bonchev–Trinajstić information content (AvgIpc) is 3.00. The normalized spacial score (nSPS) is 15.7. The lowest BCUT2D eigenvalue weighted by atomic mass is 10.1. The first kappa shape index (κ1) is 18.1. The highest BCUT2D eigenvalue weighted by atomic mass is 35.5. The van der Waals surface area contributed by atoms with Gasteiger partial charge in [0.1, 0.15) is 0 Å². The Hall–Kier alpha value is -0.720. The van der Waals surface area contributed by atoms with E-state index in [1.165, 1.54) is 4.88 Å². The van der Waals surface area contributed by atoms with Gasteiger partial charge in [-0.05, 0) is 36.6 Å². The number of thiophene rings is 1. The van der Waals surface area contributed by atoms with Crippen LogP contribution in [-0.2, 0) is 6.54 Å². The highest BCUT2D eigenvalue weighted by Gasteiger charge is 2.24. The van der Waals surface area contributed by atoms with E-state index in [0.29, 0.717) is 10.6 Å². The van der Waals surface area contributed by atoms with Gasteiger partial charge in [-0.1, -0.05) is 23.2 Å². The minimum Gasteiger partial charge on any atom is -0.336 e. The first-order valence-electron chi connectivity index (χ1n) is 7.66. The van der Waals surface area contributed by atoms with Gasteiger partial charge in [-0.2, -0.15) is 0 Å². The standard InChI is InChI=1S/C17H18Cl2N2OS2/c1-23-12-2-4-15(18)14(10-12)17(22)21-8-6-20(7-9-21)11-13-3-5-16(19)24-13/h2-5,10H,6-9,11H2,1H3. The second-order valence-electron chi connectivity index (χ2n) is 5.62. The van der Waals surface area contributed by atoms with E-state index in [1.54, 1.807) is 29.2 Å². The molecule has 1 aliphatic heterocycles. The Bertz CT molecular complexity index is 727.